The average molecular weight is 272 g/mol. The number of hydrogen-bond donors (Lipinski definition) is 3. The average Bonchev–Trinajstić information content (AvgIpc) is 2.33. The lowest BCUT2D eigenvalue weighted by Crippen LogP contribution is -2.40. The van der Waals surface area contributed by atoms with Crippen molar-refractivity contribution in [3.05, 3.63) is 0 Å². The number of carbonyl (C=O) groups excluding carboxylic acids is 1. The van der Waals surface area contributed by atoms with Gasteiger partial charge in [0.15, 0.2) is 5.96 Å². The number of rotatable bonds is 9. The Morgan fingerprint density at radius 2 is 2.00 bits per heavy atom. The SMILES string of the molecule is CCNC(=NCCOCC)NCCC(=O)NC(C)C. The van der Waals surface area contributed by atoms with Crippen LogP contribution in [0.15, 0.2) is 4.99 Å². The summed E-state index contributed by atoms with van der Waals surface area (Å²) in [6, 6.07) is 0.181. The van der Waals surface area contributed by atoms with Gasteiger partial charge in [-0.2, -0.15) is 0 Å². The highest BCUT2D eigenvalue weighted by atomic mass is 16.5. The molecule has 0 saturated carbocycles. The maximum atomic E-state index is 11.5. The van der Waals surface area contributed by atoms with Crippen LogP contribution < -0.4 is 16.0 Å². The molecule has 0 aromatic rings. The molecule has 0 bridgehead atoms. The number of hydrogen-bond acceptors (Lipinski definition) is 3. The van der Waals surface area contributed by atoms with E-state index in [0.717, 1.165) is 12.5 Å². The summed E-state index contributed by atoms with van der Waals surface area (Å²) in [5.74, 6) is 0.771. The van der Waals surface area contributed by atoms with Gasteiger partial charge >= 0.3 is 0 Å². The van der Waals surface area contributed by atoms with Crippen molar-refractivity contribution >= 4 is 11.9 Å². The van der Waals surface area contributed by atoms with E-state index in [2.05, 4.69) is 20.9 Å². The van der Waals surface area contributed by atoms with Crippen LogP contribution in [-0.4, -0.2) is 50.8 Å². The third-order valence-corrected chi connectivity index (χ3v) is 2.15. The number of amides is 1. The number of guanidine groups is 1. The molecule has 0 aromatic heterocycles. The molecule has 0 atom stereocenters. The van der Waals surface area contributed by atoms with Gasteiger partial charge in [0.1, 0.15) is 0 Å². The summed E-state index contributed by atoms with van der Waals surface area (Å²) >= 11 is 0. The second-order valence-electron chi connectivity index (χ2n) is 4.36. The maximum absolute atomic E-state index is 11.5. The Kier molecular flexibility index (Phi) is 11.0. The summed E-state index contributed by atoms with van der Waals surface area (Å²) in [5, 5.41) is 9.10. The topological polar surface area (TPSA) is 74.8 Å². The highest BCUT2D eigenvalue weighted by Crippen LogP contribution is 1.83. The second-order valence-corrected chi connectivity index (χ2v) is 4.36. The van der Waals surface area contributed by atoms with Gasteiger partial charge in [-0.25, -0.2) is 0 Å². The van der Waals surface area contributed by atoms with Crippen LogP contribution in [0.25, 0.3) is 0 Å². The monoisotopic (exact) mass is 272 g/mol. The zero-order valence-corrected chi connectivity index (χ0v) is 12.6. The largest absolute Gasteiger partial charge is 0.380 e. The molecule has 0 unspecified atom stereocenters. The number of aliphatic imine (C=N–C) groups is 1. The Labute approximate surface area is 116 Å². The number of ether oxygens (including phenoxy) is 1. The van der Waals surface area contributed by atoms with Gasteiger partial charge in [0, 0.05) is 32.2 Å². The standard InChI is InChI=1S/C13H28N4O2/c1-5-14-13(16-9-10-19-6-2)15-8-7-12(18)17-11(3)4/h11H,5-10H2,1-4H3,(H,17,18)(H2,14,15,16). The van der Waals surface area contributed by atoms with E-state index in [4.69, 9.17) is 4.74 Å². The Hall–Kier alpha value is -1.30. The van der Waals surface area contributed by atoms with Crippen molar-refractivity contribution in [2.24, 2.45) is 4.99 Å². The molecule has 3 N–H and O–H groups in total. The van der Waals surface area contributed by atoms with E-state index in [9.17, 15) is 4.79 Å². The van der Waals surface area contributed by atoms with E-state index in [1.807, 2.05) is 27.7 Å². The predicted molar refractivity (Wildman–Crippen MR) is 78.4 cm³/mol. The van der Waals surface area contributed by atoms with Gasteiger partial charge in [0.25, 0.3) is 0 Å². The smallest absolute Gasteiger partial charge is 0.221 e. The first-order valence-corrected chi connectivity index (χ1v) is 6.99. The van der Waals surface area contributed by atoms with Crippen molar-refractivity contribution in [1.29, 1.82) is 0 Å². The lowest BCUT2D eigenvalue weighted by Gasteiger charge is -2.12. The van der Waals surface area contributed by atoms with Crippen molar-refractivity contribution in [2.75, 3.05) is 32.8 Å². The molecule has 0 aliphatic rings. The van der Waals surface area contributed by atoms with E-state index >= 15 is 0 Å². The quantitative estimate of drug-likeness (QED) is 0.324. The van der Waals surface area contributed by atoms with Gasteiger partial charge in [-0.05, 0) is 27.7 Å². The Morgan fingerprint density at radius 1 is 1.26 bits per heavy atom. The van der Waals surface area contributed by atoms with Crippen LogP contribution in [0.2, 0.25) is 0 Å². The molecule has 112 valence electrons. The summed E-state index contributed by atoms with van der Waals surface area (Å²) in [7, 11) is 0. The van der Waals surface area contributed by atoms with E-state index in [0.29, 0.717) is 32.7 Å². The van der Waals surface area contributed by atoms with E-state index in [1.54, 1.807) is 0 Å². The Morgan fingerprint density at radius 3 is 2.58 bits per heavy atom. The van der Waals surface area contributed by atoms with Crippen LogP contribution in [0.3, 0.4) is 0 Å². The third kappa shape index (κ3) is 11.5. The van der Waals surface area contributed by atoms with Crippen LogP contribution in [0.1, 0.15) is 34.1 Å². The first kappa shape index (κ1) is 17.7. The van der Waals surface area contributed by atoms with E-state index in [-0.39, 0.29) is 11.9 Å². The first-order valence-electron chi connectivity index (χ1n) is 6.99. The molecular formula is C13H28N4O2. The zero-order valence-electron chi connectivity index (χ0n) is 12.6. The van der Waals surface area contributed by atoms with Crippen molar-refractivity contribution in [1.82, 2.24) is 16.0 Å². The van der Waals surface area contributed by atoms with E-state index < -0.39 is 0 Å². The lowest BCUT2D eigenvalue weighted by atomic mass is 10.3. The van der Waals surface area contributed by atoms with Gasteiger partial charge < -0.3 is 20.7 Å². The van der Waals surface area contributed by atoms with E-state index in [1.165, 1.54) is 0 Å². The molecule has 19 heavy (non-hydrogen) atoms. The molecule has 0 heterocycles. The molecule has 0 aliphatic heterocycles. The normalized spacial score (nSPS) is 11.5. The van der Waals surface area contributed by atoms with Gasteiger partial charge in [-0.15, -0.1) is 0 Å². The van der Waals surface area contributed by atoms with Crippen molar-refractivity contribution < 1.29 is 9.53 Å². The molecule has 0 spiro atoms. The minimum Gasteiger partial charge on any atom is -0.380 e. The number of carbonyl (C=O) groups is 1. The van der Waals surface area contributed by atoms with Gasteiger partial charge in [-0.3, -0.25) is 9.79 Å². The molecule has 0 radical (unpaired) electrons. The van der Waals surface area contributed by atoms with Crippen LogP contribution in [0.5, 0.6) is 0 Å². The summed E-state index contributed by atoms with van der Waals surface area (Å²) < 4.78 is 5.22. The maximum Gasteiger partial charge on any atom is 0.221 e. The fourth-order valence-corrected chi connectivity index (χ4v) is 1.40. The van der Waals surface area contributed by atoms with Crippen molar-refractivity contribution in [3.8, 4) is 0 Å². The van der Waals surface area contributed by atoms with Gasteiger partial charge in [-0.1, -0.05) is 0 Å². The molecule has 0 fully saturated rings. The lowest BCUT2D eigenvalue weighted by molar-refractivity contribution is -0.121. The van der Waals surface area contributed by atoms with Crippen LogP contribution in [0, 0.1) is 0 Å². The van der Waals surface area contributed by atoms with Crippen molar-refractivity contribution in [2.45, 2.75) is 40.2 Å². The van der Waals surface area contributed by atoms with Gasteiger partial charge in [0.05, 0.1) is 13.2 Å². The number of nitrogens with one attached hydrogen (secondary N) is 3. The molecule has 0 rings (SSSR count). The zero-order chi connectivity index (χ0) is 14.5. The van der Waals surface area contributed by atoms with Gasteiger partial charge in [0.2, 0.25) is 5.91 Å². The summed E-state index contributed by atoms with van der Waals surface area (Å²) in [6.45, 7) is 11.1. The molecule has 0 aliphatic carbocycles. The van der Waals surface area contributed by atoms with Crippen LogP contribution in [-0.2, 0) is 9.53 Å². The summed E-state index contributed by atoms with van der Waals surface area (Å²) in [6.07, 6.45) is 0.439. The molecule has 1 amide bonds. The molecule has 6 nitrogen and oxygen atoms in total. The summed E-state index contributed by atoms with van der Waals surface area (Å²) in [4.78, 5) is 15.8. The highest BCUT2D eigenvalue weighted by Gasteiger charge is 2.03. The number of nitrogens with zero attached hydrogens (tertiary/aromatic N) is 1. The van der Waals surface area contributed by atoms with Crippen LogP contribution >= 0.6 is 0 Å². The Bertz CT molecular complexity index is 267. The second kappa shape index (κ2) is 11.8. The summed E-state index contributed by atoms with van der Waals surface area (Å²) in [5.41, 5.74) is 0. The molecular weight excluding hydrogens is 244 g/mol. The molecule has 6 heteroatoms. The molecule has 0 aromatic carbocycles. The Balaban J connectivity index is 3.89. The fraction of sp³-hybridized carbons (Fsp3) is 0.846. The fourth-order valence-electron chi connectivity index (χ4n) is 1.40. The third-order valence-electron chi connectivity index (χ3n) is 2.15. The first-order chi connectivity index (χ1) is 9.10. The minimum absolute atomic E-state index is 0.0488. The van der Waals surface area contributed by atoms with Crippen LogP contribution in [0.4, 0.5) is 0 Å². The minimum atomic E-state index is 0.0488. The predicted octanol–water partition coefficient (Wildman–Crippen LogP) is 0.493. The van der Waals surface area contributed by atoms with Crippen molar-refractivity contribution in [3.63, 3.8) is 0 Å². The molecule has 0 saturated heterocycles. The highest BCUT2D eigenvalue weighted by molar-refractivity contribution is 5.81.